The molecular formula is C12H18N2O5S. The molecule has 20 heavy (non-hydrogen) atoms. The summed E-state index contributed by atoms with van der Waals surface area (Å²) >= 11 is 0. The van der Waals surface area contributed by atoms with Crippen LogP contribution in [0.15, 0.2) is 23.1 Å². The van der Waals surface area contributed by atoms with E-state index in [1.807, 2.05) is 0 Å². The molecule has 1 unspecified atom stereocenters. The molecule has 1 aromatic carbocycles. The number of hydrogen-bond donors (Lipinski definition) is 2. The molecule has 1 aliphatic heterocycles. The van der Waals surface area contributed by atoms with Gasteiger partial charge in [0.2, 0.25) is 10.0 Å². The largest absolute Gasteiger partial charge is 0.495 e. The zero-order valence-corrected chi connectivity index (χ0v) is 12.0. The number of nitrogens with two attached hydrogens (primary N) is 1. The van der Waals surface area contributed by atoms with Crippen LogP contribution in [0.2, 0.25) is 0 Å². The number of nitrogens with zero attached hydrogens (tertiary/aromatic N) is 1. The highest BCUT2D eigenvalue weighted by Crippen LogP contribution is 2.27. The van der Waals surface area contributed by atoms with Crippen LogP contribution in [0.3, 0.4) is 0 Å². The number of ether oxygens (including phenoxy) is 2. The number of hydrogen-bond acceptors (Lipinski definition) is 6. The maximum absolute atomic E-state index is 12.6. The second-order valence-corrected chi connectivity index (χ2v) is 6.32. The van der Waals surface area contributed by atoms with Crippen molar-refractivity contribution < 1.29 is 23.0 Å². The van der Waals surface area contributed by atoms with Crippen LogP contribution < -0.4 is 10.5 Å². The Balaban J connectivity index is 2.36. The Morgan fingerprint density at radius 1 is 1.55 bits per heavy atom. The minimum atomic E-state index is -3.71. The smallest absolute Gasteiger partial charge is 0.243 e. The lowest BCUT2D eigenvalue weighted by molar-refractivity contribution is 0.0109. The van der Waals surface area contributed by atoms with Gasteiger partial charge in [-0.25, -0.2) is 8.42 Å². The van der Waals surface area contributed by atoms with E-state index in [4.69, 9.17) is 15.2 Å². The number of anilines is 1. The summed E-state index contributed by atoms with van der Waals surface area (Å²) < 4.78 is 36.6. The number of rotatable bonds is 4. The molecule has 0 aromatic heterocycles. The summed E-state index contributed by atoms with van der Waals surface area (Å²) in [5, 5.41) is 9.28. The molecule has 0 bridgehead atoms. The van der Waals surface area contributed by atoms with Gasteiger partial charge in [-0.3, -0.25) is 0 Å². The zero-order chi connectivity index (χ0) is 14.8. The number of aliphatic hydroxyl groups is 1. The van der Waals surface area contributed by atoms with Crippen molar-refractivity contribution in [1.29, 1.82) is 0 Å². The molecule has 1 aromatic rings. The first-order valence-corrected chi connectivity index (χ1v) is 7.58. The average Bonchev–Trinajstić information content (AvgIpc) is 2.47. The van der Waals surface area contributed by atoms with Crippen LogP contribution in [0, 0.1) is 0 Å². The molecular weight excluding hydrogens is 284 g/mol. The fourth-order valence-corrected chi connectivity index (χ4v) is 3.73. The van der Waals surface area contributed by atoms with Crippen LogP contribution in [0.1, 0.15) is 0 Å². The number of benzene rings is 1. The first-order chi connectivity index (χ1) is 9.50. The third kappa shape index (κ3) is 2.73. The summed E-state index contributed by atoms with van der Waals surface area (Å²) in [5.74, 6) is 0.421. The van der Waals surface area contributed by atoms with Crippen molar-refractivity contribution in [2.45, 2.75) is 10.9 Å². The summed E-state index contributed by atoms with van der Waals surface area (Å²) in [6.07, 6.45) is 0. The van der Waals surface area contributed by atoms with Gasteiger partial charge in [-0.15, -0.1) is 0 Å². The van der Waals surface area contributed by atoms with Gasteiger partial charge in [0, 0.05) is 6.54 Å². The molecule has 0 spiro atoms. The second-order valence-electron chi connectivity index (χ2n) is 4.43. The third-order valence-corrected chi connectivity index (χ3v) is 5.14. The van der Waals surface area contributed by atoms with E-state index in [9.17, 15) is 13.5 Å². The predicted octanol–water partition coefficient (Wildman–Crippen LogP) is -0.341. The Bertz CT molecular complexity index is 575. The summed E-state index contributed by atoms with van der Waals surface area (Å²) in [4.78, 5) is 0.0798. The molecule has 1 atom stereocenters. The highest BCUT2D eigenvalue weighted by molar-refractivity contribution is 7.89. The molecule has 7 nitrogen and oxygen atoms in total. The van der Waals surface area contributed by atoms with Crippen molar-refractivity contribution in [3.8, 4) is 5.75 Å². The molecule has 1 saturated heterocycles. The van der Waals surface area contributed by atoms with Crippen molar-refractivity contribution in [3.63, 3.8) is 0 Å². The average molecular weight is 302 g/mol. The Kier molecular flexibility index (Phi) is 4.48. The van der Waals surface area contributed by atoms with Crippen LogP contribution in [0.25, 0.3) is 0 Å². The summed E-state index contributed by atoms with van der Waals surface area (Å²) in [6.45, 7) is 0.410. The molecule has 1 fully saturated rings. The Labute approximate surface area is 117 Å². The van der Waals surface area contributed by atoms with E-state index >= 15 is 0 Å². The summed E-state index contributed by atoms with van der Waals surface area (Å²) in [7, 11) is -2.25. The number of nitrogen functional groups attached to an aromatic ring is 1. The summed E-state index contributed by atoms with van der Waals surface area (Å²) in [5.41, 5.74) is 6.00. The van der Waals surface area contributed by atoms with Crippen LogP contribution in [0.5, 0.6) is 5.75 Å². The van der Waals surface area contributed by atoms with Gasteiger partial charge < -0.3 is 20.3 Å². The Morgan fingerprint density at radius 3 is 2.90 bits per heavy atom. The molecule has 0 saturated carbocycles. The first kappa shape index (κ1) is 15.0. The van der Waals surface area contributed by atoms with Crippen molar-refractivity contribution in [2.24, 2.45) is 0 Å². The van der Waals surface area contributed by atoms with Crippen molar-refractivity contribution >= 4 is 15.7 Å². The lowest BCUT2D eigenvalue weighted by atomic mass is 10.3. The van der Waals surface area contributed by atoms with E-state index in [2.05, 4.69) is 0 Å². The highest BCUT2D eigenvalue weighted by Gasteiger charge is 2.33. The van der Waals surface area contributed by atoms with Gasteiger partial charge in [-0.1, -0.05) is 0 Å². The van der Waals surface area contributed by atoms with Gasteiger partial charge in [0.1, 0.15) is 5.75 Å². The quantitative estimate of drug-likeness (QED) is 0.738. The SMILES string of the molecule is COc1ccc(S(=O)(=O)N2CCOCC2CO)cc1N. The second kappa shape index (κ2) is 5.96. The van der Waals surface area contributed by atoms with E-state index in [-0.39, 0.29) is 30.3 Å². The lowest BCUT2D eigenvalue weighted by Crippen LogP contribution is -2.50. The lowest BCUT2D eigenvalue weighted by Gasteiger charge is -2.33. The normalized spacial score (nSPS) is 20.8. The third-order valence-electron chi connectivity index (χ3n) is 3.19. The number of methoxy groups -OCH3 is 1. The number of sulfonamides is 1. The molecule has 0 amide bonds. The predicted molar refractivity (Wildman–Crippen MR) is 73.0 cm³/mol. The first-order valence-electron chi connectivity index (χ1n) is 6.14. The minimum absolute atomic E-state index is 0.0798. The molecule has 8 heteroatoms. The van der Waals surface area contributed by atoms with E-state index in [1.165, 1.54) is 29.6 Å². The van der Waals surface area contributed by atoms with Crippen molar-refractivity contribution in [1.82, 2.24) is 4.31 Å². The van der Waals surface area contributed by atoms with E-state index in [0.29, 0.717) is 12.4 Å². The maximum Gasteiger partial charge on any atom is 0.243 e. The zero-order valence-electron chi connectivity index (χ0n) is 11.2. The Morgan fingerprint density at radius 2 is 2.30 bits per heavy atom. The fourth-order valence-electron chi connectivity index (χ4n) is 2.11. The Hall–Kier alpha value is -1.35. The standard InChI is InChI=1S/C12H18N2O5S/c1-18-12-3-2-10(6-11(12)13)20(16,17)14-4-5-19-8-9(14)7-15/h2-3,6,9,15H,4-5,7-8,13H2,1H3. The topological polar surface area (TPSA) is 102 Å². The van der Waals surface area contributed by atoms with Gasteiger partial charge in [-0.05, 0) is 18.2 Å². The van der Waals surface area contributed by atoms with Gasteiger partial charge in [0.05, 0.1) is 43.6 Å². The van der Waals surface area contributed by atoms with Crippen LogP contribution >= 0.6 is 0 Å². The molecule has 112 valence electrons. The van der Waals surface area contributed by atoms with E-state index in [0.717, 1.165) is 0 Å². The molecule has 3 N–H and O–H groups in total. The van der Waals surface area contributed by atoms with Crippen LogP contribution in [-0.2, 0) is 14.8 Å². The number of aliphatic hydroxyl groups excluding tert-OH is 1. The van der Waals surface area contributed by atoms with E-state index < -0.39 is 16.1 Å². The van der Waals surface area contributed by atoms with E-state index in [1.54, 1.807) is 0 Å². The molecule has 0 aliphatic carbocycles. The maximum atomic E-state index is 12.6. The monoisotopic (exact) mass is 302 g/mol. The van der Waals surface area contributed by atoms with Crippen molar-refractivity contribution in [2.75, 3.05) is 39.2 Å². The van der Waals surface area contributed by atoms with Crippen molar-refractivity contribution in [3.05, 3.63) is 18.2 Å². The van der Waals surface area contributed by atoms with Gasteiger partial charge in [-0.2, -0.15) is 4.31 Å². The molecule has 2 rings (SSSR count). The number of morpholine rings is 1. The molecule has 1 heterocycles. The summed E-state index contributed by atoms with van der Waals surface area (Å²) in [6, 6.07) is 3.74. The minimum Gasteiger partial charge on any atom is -0.495 e. The van der Waals surface area contributed by atoms with Gasteiger partial charge in [0.25, 0.3) is 0 Å². The van der Waals surface area contributed by atoms with Gasteiger partial charge >= 0.3 is 0 Å². The molecule has 0 radical (unpaired) electrons. The molecule has 1 aliphatic rings. The van der Waals surface area contributed by atoms with Gasteiger partial charge in [0.15, 0.2) is 0 Å². The fraction of sp³-hybridized carbons (Fsp3) is 0.500. The van der Waals surface area contributed by atoms with Crippen LogP contribution in [-0.4, -0.2) is 57.3 Å². The highest BCUT2D eigenvalue weighted by atomic mass is 32.2. The van der Waals surface area contributed by atoms with Crippen LogP contribution in [0.4, 0.5) is 5.69 Å².